The second-order valence-corrected chi connectivity index (χ2v) is 8.28. The van der Waals surface area contributed by atoms with Crippen LogP contribution < -0.4 is 5.32 Å². The van der Waals surface area contributed by atoms with E-state index in [1.54, 1.807) is 0 Å². The van der Waals surface area contributed by atoms with E-state index in [1.807, 2.05) is 37.0 Å². The molecule has 2 unspecified atom stereocenters. The van der Waals surface area contributed by atoms with Gasteiger partial charge in [0.2, 0.25) is 0 Å². The summed E-state index contributed by atoms with van der Waals surface area (Å²) < 4.78 is 5.45. The number of hydrogen-bond acceptors (Lipinski definition) is 4. The molecule has 2 atom stereocenters. The fourth-order valence-corrected chi connectivity index (χ4v) is 3.84. The van der Waals surface area contributed by atoms with Gasteiger partial charge in [0, 0.05) is 24.0 Å². The lowest BCUT2D eigenvalue weighted by atomic mass is 10.0. The number of rotatable bonds is 6. The number of nitrogens with zero attached hydrogens (tertiary/aromatic N) is 1. The second kappa shape index (κ2) is 8.15. The van der Waals surface area contributed by atoms with E-state index in [0.717, 1.165) is 38.9 Å². The molecule has 2 heterocycles. The zero-order chi connectivity index (χ0) is 16.9. The van der Waals surface area contributed by atoms with Crippen LogP contribution in [0.15, 0.2) is 17.5 Å². The number of ether oxygens (including phenoxy) is 1. The molecule has 1 saturated heterocycles. The molecule has 4 nitrogen and oxygen atoms in total. The summed E-state index contributed by atoms with van der Waals surface area (Å²) in [5, 5.41) is 5.79. The smallest absolute Gasteiger partial charge is 0.410 e. The zero-order valence-corrected chi connectivity index (χ0v) is 15.6. The zero-order valence-electron chi connectivity index (χ0n) is 14.8. The van der Waals surface area contributed by atoms with Crippen molar-refractivity contribution in [1.82, 2.24) is 10.2 Å². The number of carbonyl (C=O) groups excluding carboxylic acids is 1. The Morgan fingerprint density at radius 1 is 1.52 bits per heavy atom. The maximum absolute atomic E-state index is 12.1. The summed E-state index contributed by atoms with van der Waals surface area (Å²) in [4.78, 5) is 15.3. The molecule has 0 saturated carbocycles. The van der Waals surface area contributed by atoms with Crippen LogP contribution in [0.4, 0.5) is 4.79 Å². The van der Waals surface area contributed by atoms with Crippen molar-refractivity contribution >= 4 is 17.4 Å². The minimum absolute atomic E-state index is 0.169. The fraction of sp³-hybridized carbons (Fsp3) is 0.722. The Hall–Kier alpha value is -1.07. The first-order valence-corrected chi connectivity index (χ1v) is 9.51. The van der Waals surface area contributed by atoms with E-state index in [2.05, 4.69) is 29.8 Å². The lowest BCUT2D eigenvalue weighted by molar-refractivity contribution is 0.0287. The molecule has 23 heavy (non-hydrogen) atoms. The van der Waals surface area contributed by atoms with E-state index in [1.165, 1.54) is 4.88 Å². The van der Waals surface area contributed by atoms with Gasteiger partial charge in [0.15, 0.2) is 0 Å². The molecule has 1 aromatic heterocycles. The predicted octanol–water partition coefficient (Wildman–Crippen LogP) is 4.44. The molecular formula is C18H30N2O2S. The van der Waals surface area contributed by atoms with Crippen molar-refractivity contribution in [2.45, 2.75) is 58.6 Å². The summed E-state index contributed by atoms with van der Waals surface area (Å²) in [6.07, 6.45) is 3.13. The van der Waals surface area contributed by atoms with Crippen LogP contribution in [-0.4, -0.2) is 36.2 Å². The van der Waals surface area contributed by atoms with Gasteiger partial charge in [-0.25, -0.2) is 4.79 Å². The molecule has 2 rings (SSSR count). The van der Waals surface area contributed by atoms with Crippen molar-refractivity contribution in [3.63, 3.8) is 0 Å². The molecule has 1 aliphatic rings. The lowest BCUT2D eigenvalue weighted by Crippen LogP contribution is -2.35. The Balaban J connectivity index is 1.70. The number of nitrogens with one attached hydrogen (secondary N) is 1. The van der Waals surface area contributed by atoms with Crippen molar-refractivity contribution in [3.05, 3.63) is 22.4 Å². The molecule has 1 aliphatic heterocycles. The SMILES string of the molecule is CCC(NCCC1CCN(C(=O)OC(C)(C)C)C1)c1cccs1. The largest absolute Gasteiger partial charge is 0.444 e. The summed E-state index contributed by atoms with van der Waals surface area (Å²) in [5.41, 5.74) is -0.411. The Morgan fingerprint density at radius 2 is 2.30 bits per heavy atom. The van der Waals surface area contributed by atoms with Gasteiger partial charge < -0.3 is 15.0 Å². The van der Waals surface area contributed by atoms with Crippen LogP contribution >= 0.6 is 11.3 Å². The highest BCUT2D eigenvalue weighted by Gasteiger charge is 2.29. The first-order chi connectivity index (χ1) is 10.9. The quantitative estimate of drug-likeness (QED) is 0.834. The van der Waals surface area contributed by atoms with E-state index >= 15 is 0 Å². The first-order valence-electron chi connectivity index (χ1n) is 8.63. The number of likely N-dealkylation sites (tertiary alicyclic amines) is 1. The number of thiophene rings is 1. The van der Waals surface area contributed by atoms with Gasteiger partial charge >= 0.3 is 6.09 Å². The van der Waals surface area contributed by atoms with Crippen molar-refractivity contribution in [2.24, 2.45) is 5.92 Å². The average Bonchev–Trinajstić information content (AvgIpc) is 3.13. The van der Waals surface area contributed by atoms with E-state index in [9.17, 15) is 4.79 Å². The lowest BCUT2D eigenvalue weighted by Gasteiger charge is -2.24. The van der Waals surface area contributed by atoms with Crippen LogP contribution in [0.25, 0.3) is 0 Å². The van der Waals surface area contributed by atoms with Gasteiger partial charge in [-0.15, -0.1) is 11.3 Å². The Bertz CT molecular complexity index is 482. The molecule has 0 spiro atoms. The van der Waals surface area contributed by atoms with Crippen LogP contribution in [0.5, 0.6) is 0 Å². The van der Waals surface area contributed by atoms with E-state index in [0.29, 0.717) is 12.0 Å². The third-order valence-corrected chi connectivity index (χ3v) is 5.16. The molecular weight excluding hydrogens is 308 g/mol. The average molecular weight is 339 g/mol. The van der Waals surface area contributed by atoms with Gasteiger partial charge in [-0.05, 0) is 63.9 Å². The van der Waals surface area contributed by atoms with Crippen LogP contribution in [-0.2, 0) is 4.74 Å². The van der Waals surface area contributed by atoms with E-state index < -0.39 is 5.60 Å². The normalized spacial score (nSPS) is 19.8. The van der Waals surface area contributed by atoms with E-state index in [4.69, 9.17) is 4.74 Å². The molecule has 1 N–H and O–H groups in total. The summed E-state index contributed by atoms with van der Waals surface area (Å²) in [6.45, 7) is 10.6. The summed E-state index contributed by atoms with van der Waals surface area (Å²) in [7, 11) is 0. The molecule has 0 aliphatic carbocycles. The van der Waals surface area contributed by atoms with Gasteiger partial charge in [0.1, 0.15) is 5.60 Å². The minimum atomic E-state index is -0.411. The molecule has 0 radical (unpaired) electrons. The maximum Gasteiger partial charge on any atom is 0.410 e. The van der Waals surface area contributed by atoms with E-state index in [-0.39, 0.29) is 6.09 Å². The van der Waals surface area contributed by atoms with Crippen LogP contribution in [0.3, 0.4) is 0 Å². The van der Waals surface area contributed by atoms with Gasteiger partial charge in [-0.3, -0.25) is 0 Å². The number of hydrogen-bond donors (Lipinski definition) is 1. The molecule has 0 aromatic carbocycles. The third-order valence-electron chi connectivity index (χ3n) is 4.18. The van der Waals surface area contributed by atoms with Gasteiger partial charge in [0.05, 0.1) is 0 Å². The molecule has 5 heteroatoms. The Morgan fingerprint density at radius 3 is 2.91 bits per heavy atom. The van der Waals surface area contributed by atoms with Crippen molar-refractivity contribution < 1.29 is 9.53 Å². The molecule has 130 valence electrons. The van der Waals surface area contributed by atoms with Gasteiger partial charge in [-0.1, -0.05) is 13.0 Å². The molecule has 0 bridgehead atoms. The van der Waals surface area contributed by atoms with Crippen LogP contribution in [0.2, 0.25) is 0 Å². The summed E-state index contributed by atoms with van der Waals surface area (Å²) in [6, 6.07) is 4.77. The highest BCUT2D eigenvalue weighted by atomic mass is 32.1. The predicted molar refractivity (Wildman–Crippen MR) is 95.9 cm³/mol. The highest BCUT2D eigenvalue weighted by Crippen LogP contribution is 2.24. The summed E-state index contributed by atoms with van der Waals surface area (Å²) in [5.74, 6) is 0.580. The van der Waals surface area contributed by atoms with Crippen molar-refractivity contribution in [3.8, 4) is 0 Å². The highest BCUT2D eigenvalue weighted by molar-refractivity contribution is 7.10. The molecule has 1 amide bonds. The Labute approximate surface area is 144 Å². The van der Waals surface area contributed by atoms with Crippen LogP contribution in [0.1, 0.15) is 57.9 Å². The topological polar surface area (TPSA) is 41.6 Å². The number of carbonyl (C=O) groups is 1. The summed E-state index contributed by atoms with van der Waals surface area (Å²) >= 11 is 1.82. The minimum Gasteiger partial charge on any atom is -0.444 e. The second-order valence-electron chi connectivity index (χ2n) is 7.30. The van der Waals surface area contributed by atoms with Crippen molar-refractivity contribution in [1.29, 1.82) is 0 Å². The van der Waals surface area contributed by atoms with Crippen molar-refractivity contribution in [2.75, 3.05) is 19.6 Å². The van der Waals surface area contributed by atoms with Gasteiger partial charge in [-0.2, -0.15) is 0 Å². The maximum atomic E-state index is 12.1. The molecule has 1 fully saturated rings. The third kappa shape index (κ3) is 5.81. The standard InChI is InChI=1S/C18H30N2O2S/c1-5-15(16-7-6-12-23-16)19-10-8-14-9-11-20(13-14)17(21)22-18(2,3)4/h6-7,12,14-15,19H,5,8-11,13H2,1-4H3. The monoisotopic (exact) mass is 338 g/mol. The fourth-order valence-electron chi connectivity index (χ4n) is 2.96. The van der Waals surface area contributed by atoms with Gasteiger partial charge in [0.25, 0.3) is 0 Å². The van der Waals surface area contributed by atoms with Crippen LogP contribution in [0, 0.1) is 5.92 Å². The number of amides is 1. The first kappa shape index (κ1) is 18.3. The molecule has 1 aromatic rings. The Kier molecular flexibility index (Phi) is 6.48.